The average molecular weight is 360 g/mol. The standard InChI is InChI=1S/C19H24N2O3S/c1-2-11-7-8-12-15(10-20)18(25-16(12)9-11)21-17(22)13-5-3-4-6-14(13)19(23)24/h11,13-14H,2-9H2,1H3,(H,21,22)(H,23,24). The third-order valence-electron chi connectivity index (χ3n) is 5.71. The molecule has 1 heterocycles. The fraction of sp³-hybridized carbons (Fsp3) is 0.632. The van der Waals surface area contributed by atoms with Gasteiger partial charge in [0.05, 0.1) is 17.4 Å². The van der Waals surface area contributed by atoms with Crippen LogP contribution >= 0.6 is 11.3 Å². The molecule has 1 aromatic rings. The molecular weight excluding hydrogens is 336 g/mol. The van der Waals surface area contributed by atoms with Gasteiger partial charge in [-0.05, 0) is 43.6 Å². The van der Waals surface area contributed by atoms with Crippen molar-refractivity contribution in [2.75, 3.05) is 5.32 Å². The van der Waals surface area contributed by atoms with E-state index in [9.17, 15) is 20.0 Å². The SMILES string of the molecule is CCC1CCc2c(sc(NC(=O)C3CCCCC3C(=O)O)c2C#N)C1. The third kappa shape index (κ3) is 3.57. The number of nitrogens with zero attached hydrogens (tertiary/aromatic N) is 1. The highest BCUT2D eigenvalue weighted by Crippen LogP contribution is 2.41. The molecule has 1 saturated carbocycles. The predicted octanol–water partition coefficient (Wildman–Crippen LogP) is 3.96. The molecule has 6 heteroatoms. The number of carbonyl (C=O) groups is 2. The zero-order chi connectivity index (χ0) is 18.0. The summed E-state index contributed by atoms with van der Waals surface area (Å²) in [6.45, 7) is 2.19. The van der Waals surface area contributed by atoms with Gasteiger partial charge in [0, 0.05) is 4.88 Å². The van der Waals surface area contributed by atoms with Crippen molar-refractivity contribution in [1.82, 2.24) is 0 Å². The quantitative estimate of drug-likeness (QED) is 0.850. The molecule has 3 unspecified atom stereocenters. The van der Waals surface area contributed by atoms with Crippen molar-refractivity contribution >= 4 is 28.2 Å². The van der Waals surface area contributed by atoms with Crippen LogP contribution in [0.3, 0.4) is 0 Å². The summed E-state index contributed by atoms with van der Waals surface area (Å²) in [5, 5.41) is 22.5. The smallest absolute Gasteiger partial charge is 0.307 e. The average Bonchev–Trinajstić information content (AvgIpc) is 2.97. The van der Waals surface area contributed by atoms with Gasteiger partial charge in [-0.15, -0.1) is 11.3 Å². The summed E-state index contributed by atoms with van der Waals surface area (Å²) in [5.41, 5.74) is 1.68. The molecule has 2 aliphatic rings. The molecule has 5 nitrogen and oxygen atoms in total. The molecule has 0 saturated heterocycles. The number of carboxylic acids is 1. The van der Waals surface area contributed by atoms with Crippen LogP contribution in [-0.4, -0.2) is 17.0 Å². The van der Waals surface area contributed by atoms with Crippen LogP contribution in [0.4, 0.5) is 5.00 Å². The second kappa shape index (κ2) is 7.57. The van der Waals surface area contributed by atoms with E-state index in [0.29, 0.717) is 29.3 Å². The minimum Gasteiger partial charge on any atom is -0.481 e. The molecule has 1 aromatic heterocycles. The lowest BCUT2D eigenvalue weighted by Crippen LogP contribution is -2.36. The van der Waals surface area contributed by atoms with Crippen molar-refractivity contribution in [3.8, 4) is 6.07 Å². The first-order chi connectivity index (χ1) is 12.0. The number of hydrogen-bond acceptors (Lipinski definition) is 4. The first kappa shape index (κ1) is 17.9. The Labute approximate surface area is 152 Å². The van der Waals surface area contributed by atoms with Crippen molar-refractivity contribution in [1.29, 1.82) is 5.26 Å². The first-order valence-corrected chi connectivity index (χ1v) is 9.95. The number of carboxylic acid groups (broad SMARTS) is 1. The fourth-order valence-electron chi connectivity index (χ4n) is 4.15. The Hall–Kier alpha value is -1.87. The van der Waals surface area contributed by atoms with Gasteiger partial charge in [0.15, 0.2) is 0 Å². The van der Waals surface area contributed by atoms with E-state index >= 15 is 0 Å². The number of nitriles is 1. The summed E-state index contributed by atoms with van der Waals surface area (Å²) >= 11 is 1.51. The second-order valence-corrected chi connectivity index (χ2v) is 8.27. The van der Waals surface area contributed by atoms with Gasteiger partial charge in [-0.3, -0.25) is 9.59 Å². The van der Waals surface area contributed by atoms with Crippen LogP contribution in [-0.2, 0) is 22.4 Å². The van der Waals surface area contributed by atoms with E-state index in [-0.39, 0.29) is 5.91 Å². The van der Waals surface area contributed by atoms with Crippen LogP contribution in [0.5, 0.6) is 0 Å². The van der Waals surface area contributed by atoms with Gasteiger partial charge in [-0.25, -0.2) is 0 Å². The molecule has 134 valence electrons. The zero-order valence-corrected chi connectivity index (χ0v) is 15.3. The minimum atomic E-state index is -0.892. The van der Waals surface area contributed by atoms with Crippen LogP contribution < -0.4 is 5.32 Å². The number of rotatable bonds is 4. The first-order valence-electron chi connectivity index (χ1n) is 9.13. The van der Waals surface area contributed by atoms with E-state index in [1.807, 2.05) is 0 Å². The maximum atomic E-state index is 12.7. The Bertz CT molecular complexity index is 719. The van der Waals surface area contributed by atoms with Crippen molar-refractivity contribution in [2.45, 2.75) is 58.3 Å². The summed E-state index contributed by atoms with van der Waals surface area (Å²) in [7, 11) is 0. The van der Waals surface area contributed by atoms with Crippen molar-refractivity contribution in [3.05, 3.63) is 16.0 Å². The van der Waals surface area contributed by atoms with Gasteiger partial charge in [0.1, 0.15) is 11.1 Å². The Morgan fingerprint density at radius 1 is 1.28 bits per heavy atom. The lowest BCUT2D eigenvalue weighted by Gasteiger charge is -2.27. The van der Waals surface area contributed by atoms with Crippen LogP contribution in [0.25, 0.3) is 0 Å². The minimum absolute atomic E-state index is 0.241. The van der Waals surface area contributed by atoms with Crippen LogP contribution in [0.2, 0.25) is 0 Å². The highest BCUT2D eigenvalue weighted by atomic mass is 32.1. The molecule has 0 spiro atoms. The molecule has 0 radical (unpaired) electrons. The van der Waals surface area contributed by atoms with Gasteiger partial charge in [0.25, 0.3) is 0 Å². The predicted molar refractivity (Wildman–Crippen MR) is 96.6 cm³/mol. The lowest BCUT2D eigenvalue weighted by molar-refractivity contribution is -0.147. The molecule has 0 aliphatic heterocycles. The molecule has 3 rings (SSSR count). The third-order valence-corrected chi connectivity index (χ3v) is 6.88. The number of anilines is 1. The Balaban J connectivity index is 1.81. The molecule has 2 N–H and O–H groups in total. The number of nitrogens with one attached hydrogen (secondary N) is 1. The summed E-state index contributed by atoms with van der Waals surface area (Å²) in [6.07, 6.45) is 6.98. The van der Waals surface area contributed by atoms with E-state index in [2.05, 4.69) is 18.3 Å². The largest absolute Gasteiger partial charge is 0.481 e. The Morgan fingerprint density at radius 2 is 2.00 bits per heavy atom. The zero-order valence-electron chi connectivity index (χ0n) is 14.5. The van der Waals surface area contributed by atoms with Crippen molar-refractivity contribution in [2.24, 2.45) is 17.8 Å². The number of thiophene rings is 1. The summed E-state index contributed by atoms with van der Waals surface area (Å²) in [6, 6.07) is 2.26. The fourth-order valence-corrected chi connectivity index (χ4v) is 5.47. The number of amides is 1. The van der Waals surface area contributed by atoms with Crippen molar-refractivity contribution < 1.29 is 14.7 Å². The molecule has 25 heavy (non-hydrogen) atoms. The number of aliphatic carboxylic acids is 1. The van der Waals surface area contributed by atoms with Gasteiger partial charge in [-0.2, -0.15) is 5.26 Å². The number of hydrogen-bond donors (Lipinski definition) is 2. The Kier molecular flexibility index (Phi) is 5.43. The monoisotopic (exact) mass is 360 g/mol. The highest BCUT2D eigenvalue weighted by Gasteiger charge is 2.36. The number of fused-ring (bicyclic) bond motifs is 1. The van der Waals surface area contributed by atoms with E-state index < -0.39 is 17.8 Å². The van der Waals surface area contributed by atoms with E-state index in [1.54, 1.807) is 0 Å². The summed E-state index contributed by atoms with van der Waals surface area (Å²) < 4.78 is 0. The normalized spacial score (nSPS) is 25.7. The van der Waals surface area contributed by atoms with E-state index in [0.717, 1.165) is 44.1 Å². The summed E-state index contributed by atoms with van der Waals surface area (Å²) in [5.74, 6) is -1.60. The molecular formula is C19H24N2O3S. The molecule has 2 aliphatic carbocycles. The molecule has 1 fully saturated rings. The van der Waals surface area contributed by atoms with E-state index in [4.69, 9.17) is 0 Å². The maximum absolute atomic E-state index is 12.7. The second-order valence-electron chi connectivity index (χ2n) is 7.16. The maximum Gasteiger partial charge on any atom is 0.307 e. The van der Waals surface area contributed by atoms with Crippen molar-refractivity contribution in [3.63, 3.8) is 0 Å². The van der Waals surface area contributed by atoms with Crippen LogP contribution in [0, 0.1) is 29.1 Å². The molecule has 3 atom stereocenters. The van der Waals surface area contributed by atoms with Gasteiger partial charge < -0.3 is 10.4 Å². The topological polar surface area (TPSA) is 90.2 Å². The molecule has 1 amide bonds. The molecule has 0 aromatic carbocycles. The number of carbonyl (C=O) groups excluding carboxylic acids is 1. The molecule has 0 bridgehead atoms. The van der Waals surface area contributed by atoms with Gasteiger partial charge in [-0.1, -0.05) is 26.2 Å². The van der Waals surface area contributed by atoms with Crippen LogP contribution in [0.15, 0.2) is 0 Å². The highest BCUT2D eigenvalue weighted by molar-refractivity contribution is 7.16. The van der Waals surface area contributed by atoms with Crippen LogP contribution in [0.1, 0.15) is 61.5 Å². The van der Waals surface area contributed by atoms with Gasteiger partial charge in [0.2, 0.25) is 5.91 Å². The van der Waals surface area contributed by atoms with E-state index in [1.165, 1.54) is 16.2 Å². The van der Waals surface area contributed by atoms with Gasteiger partial charge >= 0.3 is 5.97 Å². The summed E-state index contributed by atoms with van der Waals surface area (Å²) in [4.78, 5) is 25.4. The Morgan fingerprint density at radius 3 is 2.64 bits per heavy atom. The lowest BCUT2D eigenvalue weighted by atomic mass is 9.78.